The van der Waals surface area contributed by atoms with E-state index in [4.69, 9.17) is 9.84 Å². The molecule has 9 heteroatoms. The largest absolute Gasteiger partial charge is 0.480 e. The molecule has 1 atom stereocenters. The summed E-state index contributed by atoms with van der Waals surface area (Å²) in [5, 5.41) is 13.0. The molecule has 24 heavy (non-hydrogen) atoms. The number of hydrogen-bond donors (Lipinski definition) is 1. The molecule has 1 saturated heterocycles. The summed E-state index contributed by atoms with van der Waals surface area (Å²) in [6.45, 7) is 3.96. The second kappa shape index (κ2) is 7.43. The quantitative estimate of drug-likeness (QED) is 0.776. The molecule has 1 fully saturated rings. The Bertz CT molecular complexity index is 642. The number of aryl methyl sites for hydroxylation is 2. The third-order valence-electron chi connectivity index (χ3n) is 3.84. The SMILES string of the molecule is CC(=O)N(CC(=O)O)CC1CN(C(=O)c2cc(C)nn2C)CCO1. The van der Waals surface area contributed by atoms with Gasteiger partial charge in [0.25, 0.3) is 5.91 Å². The zero-order valence-corrected chi connectivity index (χ0v) is 14.1. The fourth-order valence-corrected chi connectivity index (χ4v) is 2.70. The molecule has 1 aliphatic heterocycles. The number of morpholine rings is 1. The highest BCUT2D eigenvalue weighted by Crippen LogP contribution is 2.12. The first kappa shape index (κ1) is 17.9. The third kappa shape index (κ3) is 4.31. The number of carboxylic acids is 1. The van der Waals surface area contributed by atoms with Crippen LogP contribution in [0.15, 0.2) is 6.07 Å². The average Bonchev–Trinajstić information content (AvgIpc) is 2.84. The maximum Gasteiger partial charge on any atom is 0.323 e. The maximum absolute atomic E-state index is 12.6. The van der Waals surface area contributed by atoms with Gasteiger partial charge in [-0.15, -0.1) is 0 Å². The first-order valence-electron chi connectivity index (χ1n) is 7.66. The van der Waals surface area contributed by atoms with E-state index >= 15 is 0 Å². The standard InChI is InChI=1S/C15H22N4O5/c1-10-6-13(17(3)16-10)15(23)18-4-5-24-12(7-18)8-19(11(2)20)9-14(21)22/h6,12H,4-5,7-9H2,1-3H3,(H,21,22). The zero-order valence-electron chi connectivity index (χ0n) is 14.1. The second-order valence-electron chi connectivity index (χ2n) is 5.83. The van der Waals surface area contributed by atoms with Crippen molar-refractivity contribution < 1.29 is 24.2 Å². The van der Waals surface area contributed by atoms with Gasteiger partial charge in [0.05, 0.1) is 18.4 Å². The third-order valence-corrected chi connectivity index (χ3v) is 3.84. The molecular weight excluding hydrogens is 316 g/mol. The van der Waals surface area contributed by atoms with Crippen molar-refractivity contribution >= 4 is 17.8 Å². The Kier molecular flexibility index (Phi) is 5.55. The number of carboxylic acid groups (broad SMARTS) is 1. The Morgan fingerprint density at radius 1 is 1.46 bits per heavy atom. The molecule has 2 rings (SSSR count). The van der Waals surface area contributed by atoms with Gasteiger partial charge in [0.15, 0.2) is 0 Å². The molecule has 0 radical (unpaired) electrons. The number of aliphatic carboxylic acids is 1. The van der Waals surface area contributed by atoms with Crippen molar-refractivity contribution in [3.8, 4) is 0 Å². The van der Waals surface area contributed by atoms with E-state index in [9.17, 15) is 14.4 Å². The monoisotopic (exact) mass is 338 g/mol. The first-order chi connectivity index (χ1) is 11.3. The summed E-state index contributed by atoms with van der Waals surface area (Å²) >= 11 is 0. The van der Waals surface area contributed by atoms with Crippen molar-refractivity contribution in [3.63, 3.8) is 0 Å². The van der Waals surface area contributed by atoms with Gasteiger partial charge in [-0.3, -0.25) is 19.1 Å². The molecule has 1 aliphatic rings. The lowest BCUT2D eigenvalue weighted by Crippen LogP contribution is -2.51. The Morgan fingerprint density at radius 3 is 2.71 bits per heavy atom. The molecule has 0 aromatic carbocycles. The first-order valence-corrected chi connectivity index (χ1v) is 7.66. The van der Waals surface area contributed by atoms with Crippen molar-refractivity contribution in [1.82, 2.24) is 19.6 Å². The maximum atomic E-state index is 12.6. The number of ether oxygens (including phenoxy) is 1. The molecule has 0 spiro atoms. The number of amides is 2. The Labute approximate surface area is 139 Å². The fraction of sp³-hybridized carbons (Fsp3) is 0.600. The minimum Gasteiger partial charge on any atom is -0.480 e. The summed E-state index contributed by atoms with van der Waals surface area (Å²) in [4.78, 5) is 37.9. The van der Waals surface area contributed by atoms with Gasteiger partial charge in [-0.05, 0) is 13.0 Å². The van der Waals surface area contributed by atoms with Gasteiger partial charge in [-0.25, -0.2) is 0 Å². The van der Waals surface area contributed by atoms with Crippen LogP contribution < -0.4 is 0 Å². The Hall–Kier alpha value is -2.42. The lowest BCUT2D eigenvalue weighted by Gasteiger charge is -2.35. The van der Waals surface area contributed by atoms with Gasteiger partial charge in [0.1, 0.15) is 12.2 Å². The Morgan fingerprint density at radius 2 is 2.17 bits per heavy atom. The van der Waals surface area contributed by atoms with Crippen LogP contribution in [0.1, 0.15) is 23.1 Å². The fourth-order valence-electron chi connectivity index (χ4n) is 2.70. The highest BCUT2D eigenvalue weighted by molar-refractivity contribution is 5.92. The van der Waals surface area contributed by atoms with Crippen molar-refractivity contribution in [2.75, 3.05) is 32.8 Å². The van der Waals surface area contributed by atoms with Crippen LogP contribution in [0.3, 0.4) is 0 Å². The van der Waals surface area contributed by atoms with E-state index < -0.39 is 12.1 Å². The van der Waals surface area contributed by atoms with Gasteiger partial charge < -0.3 is 19.6 Å². The van der Waals surface area contributed by atoms with Crippen molar-refractivity contribution in [3.05, 3.63) is 17.5 Å². The number of carbonyl (C=O) groups is 3. The van der Waals surface area contributed by atoms with Crippen molar-refractivity contribution in [2.45, 2.75) is 20.0 Å². The van der Waals surface area contributed by atoms with E-state index in [0.29, 0.717) is 25.4 Å². The summed E-state index contributed by atoms with van der Waals surface area (Å²) in [6.07, 6.45) is -0.416. The topological polar surface area (TPSA) is 105 Å². The lowest BCUT2D eigenvalue weighted by atomic mass is 10.2. The highest BCUT2D eigenvalue weighted by Gasteiger charge is 2.29. The van der Waals surface area contributed by atoms with Gasteiger partial charge in [0, 0.05) is 33.6 Å². The molecule has 1 unspecified atom stereocenters. The minimum atomic E-state index is -1.08. The van der Waals surface area contributed by atoms with Gasteiger partial charge in [-0.2, -0.15) is 5.10 Å². The number of carbonyl (C=O) groups excluding carboxylic acids is 2. The number of rotatable bonds is 5. The zero-order chi connectivity index (χ0) is 17.9. The molecule has 1 aromatic rings. The minimum absolute atomic E-state index is 0.135. The molecule has 0 aliphatic carbocycles. The van der Waals surface area contributed by atoms with Crippen LogP contribution in [0.2, 0.25) is 0 Å². The Balaban J connectivity index is 2.03. The number of nitrogens with zero attached hydrogens (tertiary/aromatic N) is 4. The van der Waals surface area contributed by atoms with Crippen LogP contribution in [-0.2, 0) is 21.4 Å². The summed E-state index contributed by atoms with van der Waals surface area (Å²) in [7, 11) is 1.71. The molecule has 132 valence electrons. The molecule has 1 aromatic heterocycles. The van der Waals surface area contributed by atoms with Crippen LogP contribution in [0.4, 0.5) is 0 Å². The van der Waals surface area contributed by atoms with Crippen molar-refractivity contribution in [1.29, 1.82) is 0 Å². The van der Waals surface area contributed by atoms with Crippen LogP contribution in [0.25, 0.3) is 0 Å². The van der Waals surface area contributed by atoms with Crippen LogP contribution >= 0.6 is 0 Å². The van der Waals surface area contributed by atoms with Gasteiger partial charge >= 0.3 is 5.97 Å². The smallest absolute Gasteiger partial charge is 0.323 e. The van der Waals surface area contributed by atoms with E-state index in [1.165, 1.54) is 16.5 Å². The van der Waals surface area contributed by atoms with Crippen LogP contribution in [0, 0.1) is 6.92 Å². The lowest BCUT2D eigenvalue weighted by molar-refractivity contribution is -0.145. The predicted molar refractivity (Wildman–Crippen MR) is 83.5 cm³/mol. The van der Waals surface area contributed by atoms with Gasteiger partial charge in [-0.1, -0.05) is 0 Å². The van der Waals surface area contributed by atoms with Gasteiger partial charge in [0.2, 0.25) is 5.91 Å². The molecule has 9 nitrogen and oxygen atoms in total. The molecule has 2 amide bonds. The van der Waals surface area contributed by atoms with E-state index in [1.54, 1.807) is 18.0 Å². The second-order valence-corrected chi connectivity index (χ2v) is 5.83. The number of hydrogen-bond acceptors (Lipinski definition) is 5. The molecular formula is C15H22N4O5. The molecule has 1 N–H and O–H groups in total. The highest BCUT2D eigenvalue weighted by atomic mass is 16.5. The summed E-state index contributed by atoms with van der Waals surface area (Å²) in [5.41, 5.74) is 1.25. The van der Waals surface area contributed by atoms with Crippen LogP contribution in [0.5, 0.6) is 0 Å². The van der Waals surface area contributed by atoms with E-state index in [0.717, 1.165) is 5.69 Å². The van der Waals surface area contributed by atoms with E-state index in [1.807, 2.05) is 6.92 Å². The molecule has 0 bridgehead atoms. The summed E-state index contributed by atoms with van der Waals surface area (Å²) < 4.78 is 7.12. The summed E-state index contributed by atoms with van der Waals surface area (Å²) in [6, 6.07) is 1.72. The summed E-state index contributed by atoms with van der Waals surface area (Å²) in [5.74, 6) is -1.58. The van der Waals surface area contributed by atoms with E-state index in [-0.39, 0.29) is 24.9 Å². The van der Waals surface area contributed by atoms with Crippen LogP contribution in [-0.4, -0.2) is 81.4 Å². The molecule has 2 heterocycles. The normalized spacial score (nSPS) is 17.6. The molecule has 0 saturated carbocycles. The number of aromatic nitrogens is 2. The predicted octanol–water partition coefficient (Wildman–Crippen LogP) is -0.497. The van der Waals surface area contributed by atoms with Crippen molar-refractivity contribution in [2.24, 2.45) is 7.05 Å². The van der Waals surface area contributed by atoms with E-state index in [2.05, 4.69) is 5.10 Å². The average molecular weight is 338 g/mol.